The second kappa shape index (κ2) is 4.97. The van der Waals surface area contributed by atoms with Gasteiger partial charge in [0, 0.05) is 7.11 Å². The van der Waals surface area contributed by atoms with Crippen molar-refractivity contribution >= 4 is 17.6 Å². The zero-order valence-corrected chi connectivity index (χ0v) is 8.74. The molecule has 0 saturated carbocycles. The highest BCUT2D eigenvalue weighted by Crippen LogP contribution is 2.15. The van der Waals surface area contributed by atoms with E-state index in [-0.39, 0.29) is 10.7 Å². The summed E-state index contributed by atoms with van der Waals surface area (Å²) in [6.45, 7) is 0.926. The minimum atomic E-state index is -0.497. The van der Waals surface area contributed by atoms with Crippen LogP contribution in [0.1, 0.15) is 10.5 Å². The maximum Gasteiger partial charge on any atom is 0.357 e. The van der Waals surface area contributed by atoms with Gasteiger partial charge in [0.25, 0.3) is 0 Å². The van der Waals surface area contributed by atoms with Gasteiger partial charge in [0.15, 0.2) is 5.69 Å². The first-order valence-corrected chi connectivity index (χ1v) is 4.37. The van der Waals surface area contributed by atoms with Crippen molar-refractivity contribution < 1.29 is 14.3 Å². The van der Waals surface area contributed by atoms with E-state index in [9.17, 15) is 4.79 Å². The quantitative estimate of drug-likeness (QED) is 0.707. The van der Waals surface area contributed by atoms with Gasteiger partial charge in [-0.2, -0.15) is 5.10 Å². The van der Waals surface area contributed by atoms with E-state index in [1.54, 1.807) is 7.11 Å². The monoisotopic (exact) mass is 218 g/mol. The van der Waals surface area contributed by atoms with Crippen LogP contribution in [0.2, 0.25) is 5.02 Å². The zero-order valence-electron chi connectivity index (χ0n) is 7.99. The van der Waals surface area contributed by atoms with Gasteiger partial charge in [-0.1, -0.05) is 11.6 Å². The van der Waals surface area contributed by atoms with Gasteiger partial charge in [0.1, 0.15) is 0 Å². The summed E-state index contributed by atoms with van der Waals surface area (Å²) in [6, 6.07) is 0. The molecule has 0 radical (unpaired) electrons. The number of hydrogen-bond donors (Lipinski definition) is 0. The summed E-state index contributed by atoms with van der Waals surface area (Å²) in [6.07, 6.45) is 1.41. The highest BCUT2D eigenvalue weighted by molar-refractivity contribution is 6.33. The van der Waals surface area contributed by atoms with Crippen LogP contribution in [0.5, 0.6) is 0 Å². The number of hydrogen-bond acceptors (Lipinski definition) is 4. The Morgan fingerprint density at radius 3 is 2.93 bits per heavy atom. The molecule has 0 spiro atoms. The molecule has 0 atom stereocenters. The lowest BCUT2D eigenvalue weighted by Crippen LogP contribution is -2.14. The number of halogens is 1. The number of carbonyl (C=O) groups excluding carboxylic acids is 1. The number of carbonyl (C=O) groups is 1. The van der Waals surface area contributed by atoms with E-state index in [4.69, 9.17) is 16.3 Å². The molecule has 0 amide bonds. The fraction of sp³-hybridized carbons (Fsp3) is 0.500. The maximum atomic E-state index is 11.3. The fourth-order valence-electron chi connectivity index (χ4n) is 1.01. The van der Waals surface area contributed by atoms with Crippen LogP contribution >= 0.6 is 11.6 Å². The fourth-order valence-corrected chi connectivity index (χ4v) is 1.23. The molecule has 0 N–H and O–H groups in total. The van der Waals surface area contributed by atoms with Gasteiger partial charge >= 0.3 is 5.97 Å². The first kappa shape index (κ1) is 11.0. The zero-order chi connectivity index (χ0) is 10.6. The van der Waals surface area contributed by atoms with Crippen LogP contribution in [0.3, 0.4) is 0 Å². The highest BCUT2D eigenvalue weighted by Gasteiger charge is 2.17. The second-order valence-electron chi connectivity index (χ2n) is 2.55. The predicted octanol–water partition coefficient (Wildman–Crippen LogP) is 0.969. The molecular weight excluding hydrogens is 208 g/mol. The molecule has 0 saturated heterocycles. The molecule has 0 aliphatic carbocycles. The summed E-state index contributed by atoms with van der Waals surface area (Å²) in [7, 11) is 2.87. The molecule has 0 aromatic carbocycles. The molecule has 5 nitrogen and oxygen atoms in total. The highest BCUT2D eigenvalue weighted by atomic mass is 35.5. The van der Waals surface area contributed by atoms with Gasteiger partial charge < -0.3 is 9.47 Å². The van der Waals surface area contributed by atoms with Crippen molar-refractivity contribution in [1.29, 1.82) is 0 Å². The number of nitrogens with zero attached hydrogens (tertiary/aromatic N) is 2. The van der Waals surface area contributed by atoms with Crippen molar-refractivity contribution in [2.24, 2.45) is 0 Å². The molecule has 0 unspecified atom stereocenters. The van der Waals surface area contributed by atoms with Gasteiger partial charge in [-0.05, 0) is 0 Å². The molecule has 0 fully saturated rings. The summed E-state index contributed by atoms with van der Waals surface area (Å²) in [5.41, 5.74) is 0.256. The van der Waals surface area contributed by atoms with Crippen LogP contribution in [0.4, 0.5) is 0 Å². The van der Waals surface area contributed by atoms with Gasteiger partial charge in [-0.3, -0.25) is 4.68 Å². The van der Waals surface area contributed by atoms with Crippen molar-refractivity contribution in [3.05, 3.63) is 16.9 Å². The minimum absolute atomic E-state index is 0.256. The molecule has 6 heteroatoms. The standard InChI is InChI=1S/C8H11ClN2O3/c1-13-4-3-11-7(8(12)14-2)6(9)5-10-11/h5H,3-4H2,1-2H3. The summed E-state index contributed by atoms with van der Waals surface area (Å²) in [4.78, 5) is 11.3. The average molecular weight is 219 g/mol. The molecule has 1 aromatic heterocycles. The van der Waals surface area contributed by atoms with Gasteiger partial charge in [0.05, 0.1) is 31.5 Å². The van der Waals surface area contributed by atoms with Crippen molar-refractivity contribution in [2.75, 3.05) is 20.8 Å². The number of rotatable bonds is 4. The molecule has 1 rings (SSSR count). The van der Waals surface area contributed by atoms with Crippen LogP contribution in [-0.2, 0) is 16.0 Å². The van der Waals surface area contributed by atoms with Crippen LogP contribution < -0.4 is 0 Å². The minimum Gasteiger partial charge on any atom is -0.464 e. The van der Waals surface area contributed by atoms with E-state index in [2.05, 4.69) is 9.84 Å². The van der Waals surface area contributed by atoms with Crippen molar-refractivity contribution in [1.82, 2.24) is 9.78 Å². The first-order chi connectivity index (χ1) is 6.70. The Morgan fingerprint density at radius 2 is 2.36 bits per heavy atom. The number of aromatic nitrogens is 2. The van der Waals surface area contributed by atoms with Crippen molar-refractivity contribution in [3.63, 3.8) is 0 Å². The SMILES string of the molecule is COCCn1ncc(Cl)c1C(=O)OC. The lowest BCUT2D eigenvalue weighted by Gasteiger charge is -2.04. The molecule has 1 aromatic rings. The lowest BCUT2D eigenvalue weighted by molar-refractivity contribution is 0.0584. The Hall–Kier alpha value is -1.07. The normalized spacial score (nSPS) is 10.2. The van der Waals surface area contributed by atoms with Gasteiger partial charge in [-0.15, -0.1) is 0 Å². The summed E-state index contributed by atoms with van der Waals surface area (Å²) < 4.78 is 10.9. The van der Waals surface area contributed by atoms with E-state index < -0.39 is 5.97 Å². The van der Waals surface area contributed by atoms with Crippen LogP contribution in [0, 0.1) is 0 Å². The third kappa shape index (κ3) is 2.24. The van der Waals surface area contributed by atoms with Gasteiger partial charge in [-0.25, -0.2) is 4.79 Å². The lowest BCUT2D eigenvalue weighted by atomic mass is 10.4. The molecule has 0 aliphatic heterocycles. The smallest absolute Gasteiger partial charge is 0.357 e. The van der Waals surface area contributed by atoms with E-state index >= 15 is 0 Å². The number of esters is 1. The summed E-state index contributed by atoms with van der Waals surface area (Å²) in [5, 5.41) is 4.21. The van der Waals surface area contributed by atoms with Crippen LogP contribution in [0.15, 0.2) is 6.20 Å². The predicted molar refractivity (Wildman–Crippen MR) is 50.5 cm³/mol. The Morgan fingerprint density at radius 1 is 1.64 bits per heavy atom. The molecular formula is C8H11ClN2O3. The molecule has 0 aliphatic rings. The Kier molecular flexibility index (Phi) is 3.91. The average Bonchev–Trinajstić information content (AvgIpc) is 2.55. The first-order valence-electron chi connectivity index (χ1n) is 3.99. The van der Waals surface area contributed by atoms with Gasteiger partial charge in [0.2, 0.25) is 0 Å². The van der Waals surface area contributed by atoms with E-state index in [1.807, 2.05) is 0 Å². The van der Waals surface area contributed by atoms with Crippen molar-refractivity contribution in [3.8, 4) is 0 Å². The second-order valence-corrected chi connectivity index (χ2v) is 2.96. The van der Waals surface area contributed by atoms with E-state index in [1.165, 1.54) is 18.0 Å². The Labute approximate surface area is 86.6 Å². The number of methoxy groups -OCH3 is 2. The number of ether oxygens (including phenoxy) is 2. The molecule has 14 heavy (non-hydrogen) atoms. The van der Waals surface area contributed by atoms with Crippen LogP contribution in [0.25, 0.3) is 0 Å². The van der Waals surface area contributed by atoms with Crippen molar-refractivity contribution in [2.45, 2.75) is 6.54 Å². The van der Waals surface area contributed by atoms with E-state index in [0.717, 1.165) is 0 Å². The van der Waals surface area contributed by atoms with Crippen LogP contribution in [-0.4, -0.2) is 36.6 Å². The third-order valence-corrected chi connectivity index (χ3v) is 1.96. The third-order valence-electron chi connectivity index (χ3n) is 1.68. The molecule has 1 heterocycles. The topological polar surface area (TPSA) is 53.4 Å². The Bertz CT molecular complexity index is 324. The Balaban J connectivity index is 2.88. The largest absolute Gasteiger partial charge is 0.464 e. The van der Waals surface area contributed by atoms with E-state index in [0.29, 0.717) is 13.2 Å². The summed E-state index contributed by atoms with van der Waals surface area (Å²) in [5.74, 6) is -0.497. The summed E-state index contributed by atoms with van der Waals surface area (Å²) >= 11 is 5.77. The molecule has 78 valence electrons. The maximum absolute atomic E-state index is 11.3. The molecule has 0 bridgehead atoms.